The highest BCUT2D eigenvalue weighted by Crippen LogP contribution is 2.32. The van der Waals surface area contributed by atoms with E-state index in [0.29, 0.717) is 35.1 Å². The number of hydrogen-bond donors (Lipinski definition) is 2. The van der Waals surface area contributed by atoms with E-state index in [-0.39, 0.29) is 23.2 Å². The summed E-state index contributed by atoms with van der Waals surface area (Å²) >= 11 is 6.17. The fourth-order valence-corrected chi connectivity index (χ4v) is 5.57. The first-order chi connectivity index (χ1) is 20.4. The van der Waals surface area contributed by atoms with Crippen molar-refractivity contribution in [2.24, 2.45) is 0 Å². The van der Waals surface area contributed by atoms with Gasteiger partial charge in [0.05, 0.1) is 35.1 Å². The number of pyridine rings is 3. The number of nitrogens with zero attached hydrogens (tertiary/aromatic N) is 6. The lowest BCUT2D eigenvalue weighted by molar-refractivity contribution is 0.000107. The number of carbonyl (C=O) groups is 1. The summed E-state index contributed by atoms with van der Waals surface area (Å²) in [6.07, 6.45) is 8.18. The normalized spacial score (nSPS) is 18.4. The zero-order valence-electron chi connectivity index (χ0n) is 23.2. The average molecular weight is 587 g/mol. The molecule has 4 aromatic rings. The lowest BCUT2D eigenvalue weighted by Crippen LogP contribution is -2.53. The van der Waals surface area contributed by atoms with Crippen molar-refractivity contribution in [2.45, 2.75) is 31.4 Å². The van der Waals surface area contributed by atoms with E-state index >= 15 is 0 Å². The van der Waals surface area contributed by atoms with Crippen LogP contribution in [0.4, 0.5) is 5.82 Å². The van der Waals surface area contributed by atoms with E-state index in [9.17, 15) is 10.1 Å². The molecule has 4 aromatic heterocycles. The zero-order valence-corrected chi connectivity index (χ0v) is 24.0. The van der Waals surface area contributed by atoms with Gasteiger partial charge in [0.25, 0.3) is 5.91 Å². The fraction of sp³-hybridized carbons (Fsp3) is 0.367. The second-order valence-electron chi connectivity index (χ2n) is 10.8. The van der Waals surface area contributed by atoms with Crippen LogP contribution in [0.1, 0.15) is 35.8 Å². The summed E-state index contributed by atoms with van der Waals surface area (Å²) in [6, 6.07) is 11.5. The highest BCUT2D eigenvalue weighted by Gasteiger charge is 2.33. The number of carbonyl (C=O) groups excluding carboxylic acids is 1. The third-order valence-corrected chi connectivity index (χ3v) is 8.09. The van der Waals surface area contributed by atoms with Crippen LogP contribution in [0.15, 0.2) is 55.1 Å². The number of ether oxygens (including phenoxy) is 2. The Bertz CT molecular complexity index is 1620. The molecular weight excluding hydrogens is 556 g/mol. The van der Waals surface area contributed by atoms with Crippen LogP contribution in [0.3, 0.4) is 0 Å². The molecule has 12 heteroatoms. The van der Waals surface area contributed by atoms with Crippen molar-refractivity contribution in [3.05, 3.63) is 71.4 Å². The second-order valence-corrected chi connectivity index (χ2v) is 11.2. The lowest BCUT2D eigenvalue weighted by atomic mass is 9.89. The van der Waals surface area contributed by atoms with Crippen LogP contribution >= 0.6 is 11.6 Å². The molecule has 6 rings (SSSR count). The molecule has 0 aliphatic carbocycles. The summed E-state index contributed by atoms with van der Waals surface area (Å²) in [4.78, 5) is 23.9. The van der Waals surface area contributed by atoms with E-state index < -0.39 is 0 Å². The molecule has 0 spiro atoms. The molecule has 0 radical (unpaired) electrons. The number of hydrogen-bond acceptors (Lipinski definition) is 9. The quantitative estimate of drug-likeness (QED) is 0.334. The first-order valence-electron chi connectivity index (χ1n) is 13.9. The van der Waals surface area contributed by atoms with Gasteiger partial charge in [-0.25, -0.2) is 14.5 Å². The summed E-state index contributed by atoms with van der Waals surface area (Å²) < 4.78 is 13.5. The SMILES string of the molecule is CC1(NC(=O)c2ncccc2Cl)CCN(c2ccc(-c3cc(OC[C@@H]4CNCCO4)cn4ncc(C#N)c34)cn2)CC1. The van der Waals surface area contributed by atoms with Crippen LogP contribution in [0, 0.1) is 11.3 Å². The largest absolute Gasteiger partial charge is 0.489 e. The number of rotatable bonds is 7. The molecule has 1 atom stereocenters. The van der Waals surface area contributed by atoms with Gasteiger partial charge >= 0.3 is 0 Å². The van der Waals surface area contributed by atoms with Gasteiger partial charge < -0.3 is 25.0 Å². The molecule has 0 bridgehead atoms. The monoisotopic (exact) mass is 586 g/mol. The zero-order chi connectivity index (χ0) is 29.1. The van der Waals surface area contributed by atoms with Crippen molar-refractivity contribution < 1.29 is 14.3 Å². The Balaban J connectivity index is 1.16. The summed E-state index contributed by atoms with van der Waals surface area (Å²) in [7, 11) is 0. The second kappa shape index (κ2) is 11.9. The third-order valence-electron chi connectivity index (χ3n) is 7.79. The third kappa shape index (κ3) is 5.87. The number of anilines is 1. The van der Waals surface area contributed by atoms with E-state index in [1.54, 1.807) is 35.2 Å². The average Bonchev–Trinajstić information content (AvgIpc) is 3.44. The number of fused-ring (bicyclic) bond motifs is 1. The van der Waals surface area contributed by atoms with E-state index in [2.05, 4.69) is 31.7 Å². The molecule has 1 amide bonds. The topological polar surface area (TPSA) is 130 Å². The van der Waals surface area contributed by atoms with Crippen LogP contribution < -0.4 is 20.3 Å². The van der Waals surface area contributed by atoms with Crippen molar-refractivity contribution in [1.29, 1.82) is 5.26 Å². The van der Waals surface area contributed by atoms with Crippen molar-refractivity contribution in [1.82, 2.24) is 30.2 Å². The molecule has 2 aliphatic heterocycles. The van der Waals surface area contributed by atoms with E-state index in [4.69, 9.17) is 26.1 Å². The van der Waals surface area contributed by atoms with Gasteiger partial charge in [0.1, 0.15) is 36.0 Å². The number of amides is 1. The van der Waals surface area contributed by atoms with Crippen LogP contribution in [-0.4, -0.2) is 76.5 Å². The number of nitrogens with one attached hydrogen (secondary N) is 2. The highest BCUT2D eigenvalue weighted by molar-refractivity contribution is 6.33. The summed E-state index contributed by atoms with van der Waals surface area (Å²) in [5.74, 6) is 1.21. The smallest absolute Gasteiger partial charge is 0.271 e. The highest BCUT2D eigenvalue weighted by atomic mass is 35.5. The van der Waals surface area contributed by atoms with Gasteiger partial charge in [-0.1, -0.05) is 11.6 Å². The van der Waals surface area contributed by atoms with Gasteiger partial charge in [0.2, 0.25) is 0 Å². The molecule has 0 aromatic carbocycles. The number of morpholine rings is 1. The Labute approximate surface area is 248 Å². The van der Waals surface area contributed by atoms with Crippen LogP contribution in [0.5, 0.6) is 5.75 Å². The molecule has 216 valence electrons. The minimum Gasteiger partial charge on any atom is -0.489 e. The number of halogens is 1. The van der Waals surface area contributed by atoms with Gasteiger partial charge in [0.15, 0.2) is 0 Å². The van der Waals surface area contributed by atoms with Gasteiger partial charge in [-0.05, 0) is 50.1 Å². The maximum atomic E-state index is 12.8. The van der Waals surface area contributed by atoms with Gasteiger partial charge in [-0.15, -0.1) is 0 Å². The molecule has 11 nitrogen and oxygen atoms in total. The van der Waals surface area contributed by atoms with E-state index in [0.717, 1.165) is 56.0 Å². The maximum absolute atomic E-state index is 12.8. The molecule has 42 heavy (non-hydrogen) atoms. The Morgan fingerprint density at radius 1 is 1.29 bits per heavy atom. The standard InChI is InChI=1S/C30H31ClN8O3/c1-30(37-29(40)27-25(31)3-2-8-34-27)6-10-38(11-7-30)26-5-4-20(15-35-26)24-13-22(42-19-23-17-33-9-12-41-23)18-39-28(24)21(14-32)16-36-39/h2-5,8,13,15-16,18,23,33H,6-7,9-12,17,19H2,1H3,(H,37,40)/t23-/m0/s1. The van der Waals surface area contributed by atoms with Crippen molar-refractivity contribution in [2.75, 3.05) is 44.3 Å². The van der Waals surface area contributed by atoms with Gasteiger partial charge in [0, 0.05) is 55.2 Å². The molecule has 2 saturated heterocycles. The molecule has 2 fully saturated rings. The molecular formula is C30H31ClN8O3. The summed E-state index contributed by atoms with van der Waals surface area (Å²) in [5.41, 5.74) is 2.70. The summed E-state index contributed by atoms with van der Waals surface area (Å²) in [6.45, 7) is 6.15. The predicted molar refractivity (Wildman–Crippen MR) is 158 cm³/mol. The predicted octanol–water partition coefficient (Wildman–Crippen LogP) is 3.47. The Kier molecular flexibility index (Phi) is 7.93. The maximum Gasteiger partial charge on any atom is 0.271 e. The Hall–Kier alpha value is -4.24. The number of aromatic nitrogens is 4. The van der Waals surface area contributed by atoms with Crippen LogP contribution in [0.2, 0.25) is 5.02 Å². The minimum atomic E-state index is -0.380. The van der Waals surface area contributed by atoms with Crippen molar-refractivity contribution in [3.63, 3.8) is 0 Å². The first-order valence-corrected chi connectivity index (χ1v) is 14.3. The molecule has 2 aliphatic rings. The minimum absolute atomic E-state index is 0.0290. The molecule has 2 N–H and O–H groups in total. The molecule has 6 heterocycles. The first kappa shape index (κ1) is 27.9. The number of piperidine rings is 1. The molecule has 0 saturated carbocycles. The van der Waals surface area contributed by atoms with Crippen molar-refractivity contribution in [3.8, 4) is 22.9 Å². The lowest BCUT2D eigenvalue weighted by Gasteiger charge is -2.40. The van der Waals surface area contributed by atoms with E-state index in [1.165, 1.54) is 0 Å². The van der Waals surface area contributed by atoms with Crippen LogP contribution in [-0.2, 0) is 4.74 Å². The van der Waals surface area contributed by atoms with Crippen LogP contribution in [0.25, 0.3) is 16.6 Å². The van der Waals surface area contributed by atoms with Gasteiger partial charge in [-0.3, -0.25) is 4.79 Å². The summed E-state index contributed by atoms with van der Waals surface area (Å²) in [5, 5.41) is 20.9. The van der Waals surface area contributed by atoms with E-state index in [1.807, 2.05) is 31.3 Å². The number of nitriles is 1. The van der Waals surface area contributed by atoms with Crippen molar-refractivity contribution >= 4 is 28.8 Å². The molecule has 0 unspecified atom stereocenters. The fourth-order valence-electron chi connectivity index (χ4n) is 5.37. The Morgan fingerprint density at radius 2 is 2.14 bits per heavy atom. The Morgan fingerprint density at radius 3 is 2.86 bits per heavy atom. The van der Waals surface area contributed by atoms with Gasteiger partial charge in [-0.2, -0.15) is 10.4 Å².